The molecule has 0 aliphatic heterocycles. The van der Waals surface area contributed by atoms with Gasteiger partial charge >= 0.3 is 0 Å². The first-order valence-corrected chi connectivity index (χ1v) is 8.33. The fourth-order valence-corrected chi connectivity index (χ4v) is 2.37. The highest BCUT2D eigenvalue weighted by molar-refractivity contribution is 6.30. The molecule has 0 atom stereocenters. The van der Waals surface area contributed by atoms with E-state index in [-0.39, 0.29) is 11.5 Å². The van der Waals surface area contributed by atoms with Crippen molar-refractivity contribution in [3.63, 3.8) is 0 Å². The maximum absolute atomic E-state index is 11.7. The van der Waals surface area contributed by atoms with Gasteiger partial charge in [-0.3, -0.25) is 9.59 Å². The van der Waals surface area contributed by atoms with Crippen molar-refractivity contribution in [2.24, 2.45) is 0 Å². The molecule has 0 saturated carbocycles. The van der Waals surface area contributed by atoms with Gasteiger partial charge in [-0.1, -0.05) is 23.7 Å². The van der Waals surface area contributed by atoms with Crippen molar-refractivity contribution >= 4 is 17.5 Å². The van der Waals surface area contributed by atoms with Crippen LogP contribution in [0, 0.1) is 0 Å². The minimum absolute atomic E-state index is 0.000278. The zero-order chi connectivity index (χ0) is 17.2. The molecule has 0 bridgehead atoms. The van der Waals surface area contributed by atoms with Crippen LogP contribution in [0.4, 0.5) is 0 Å². The van der Waals surface area contributed by atoms with E-state index in [9.17, 15) is 9.59 Å². The predicted octanol–water partition coefficient (Wildman–Crippen LogP) is 2.87. The number of hydrogen-bond donors (Lipinski definition) is 1. The smallest absolute Gasteiger partial charge is 0.250 e. The summed E-state index contributed by atoms with van der Waals surface area (Å²) in [7, 11) is 0. The maximum Gasteiger partial charge on any atom is 0.250 e. The Bertz CT molecular complexity index is 715. The second-order valence-electron chi connectivity index (χ2n) is 5.35. The number of nitrogens with zero attached hydrogens (tertiary/aromatic N) is 1. The Balaban J connectivity index is 1.55. The fraction of sp³-hybridized carbons (Fsp3) is 0.333. The third-order valence-corrected chi connectivity index (χ3v) is 3.68. The first-order valence-electron chi connectivity index (χ1n) is 7.96. The van der Waals surface area contributed by atoms with Crippen LogP contribution in [0.25, 0.3) is 0 Å². The Morgan fingerprint density at radius 1 is 1.17 bits per heavy atom. The zero-order valence-corrected chi connectivity index (χ0v) is 14.2. The summed E-state index contributed by atoms with van der Waals surface area (Å²) in [4.78, 5) is 23.2. The number of hydrogen-bond acceptors (Lipinski definition) is 3. The molecule has 0 saturated heterocycles. The number of carbonyl (C=O) groups is 1. The lowest BCUT2D eigenvalue weighted by Crippen LogP contribution is -2.26. The molecule has 0 aliphatic rings. The maximum atomic E-state index is 11.7. The van der Waals surface area contributed by atoms with Gasteiger partial charge in [-0.05, 0) is 37.1 Å². The Morgan fingerprint density at radius 3 is 2.83 bits per heavy atom. The van der Waals surface area contributed by atoms with Crippen LogP contribution in [0.5, 0.6) is 5.75 Å². The van der Waals surface area contributed by atoms with Crippen LogP contribution in [0.1, 0.15) is 19.3 Å². The van der Waals surface area contributed by atoms with Gasteiger partial charge in [0.15, 0.2) is 0 Å². The topological polar surface area (TPSA) is 60.3 Å². The number of carbonyl (C=O) groups excluding carboxylic acids is 1. The van der Waals surface area contributed by atoms with Crippen molar-refractivity contribution in [3.8, 4) is 5.75 Å². The van der Waals surface area contributed by atoms with Crippen LogP contribution < -0.4 is 15.6 Å². The number of nitrogens with one attached hydrogen (secondary N) is 1. The first kappa shape index (κ1) is 18.1. The van der Waals surface area contributed by atoms with Crippen LogP contribution in [0.3, 0.4) is 0 Å². The van der Waals surface area contributed by atoms with Crippen molar-refractivity contribution in [2.45, 2.75) is 25.8 Å². The normalized spacial score (nSPS) is 10.4. The van der Waals surface area contributed by atoms with Gasteiger partial charge in [-0.2, -0.15) is 0 Å². The molecule has 0 unspecified atom stereocenters. The lowest BCUT2D eigenvalue weighted by Gasteiger charge is -2.08. The average molecular weight is 349 g/mol. The van der Waals surface area contributed by atoms with E-state index >= 15 is 0 Å². The summed E-state index contributed by atoms with van der Waals surface area (Å²) < 4.78 is 7.14. The van der Waals surface area contributed by atoms with Crippen LogP contribution in [0.15, 0.2) is 53.5 Å². The number of pyridine rings is 1. The molecule has 24 heavy (non-hydrogen) atoms. The summed E-state index contributed by atoms with van der Waals surface area (Å²) in [6.45, 7) is 1.57. The molecule has 1 aromatic heterocycles. The number of rotatable bonds is 9. The van der Waals surface area contributed by atoms with Gasteiger partial charge in [-0.25, -0.2) is 0 Å². The van der Waals surface area contributed by atoms with Gasteiger partial charge in [0, 0.05) is 30.4 Å². The first-order chi connectivity index (χ1) is 11.6. The molecule has 1 N–H and O–H groups in total. The number of aryl methyl sites for hydroxylation is 1. The predicted molar refractivity (Wildman–Crippen MR) is 94.5 cm³/mol. The average Bonchev–Trinajstić information content (AvgIpc) is 2.56. The molecule has 1 aromatic carbocycles. The minimum atomic E-state index is -0.0473. The largest absolute Gasteiger partial charge is 0.493 e. The Labute approximate surface area is 146 Å². The molecule has 2 rings (SSSR count). The van der Waals surface area contributed by atoms with Crippen LogP contribution in [-0.2, 0) is 11.3 Å². The summed E-state index contributed by atoms with van der Waals surface area (Å²) in [6.07, 6.45) is 3.73. The molecule has 128 valence electrons. The molecule has 6 heteroatoms. The van der Waals surface area contributed by atoms with Crippen LogP contribution >= 0.6 is 11.6 Å². The number of ether oxygens (including phenoxy) is 1. The number of halogens is 1. The Kier molecular flexibility index (Phi) is 7.36. The number of unbranched alkanes of at least 4 members (excludes halogenated alkanes) is 1. The third-order valence-electron chi connectivity index (χ3n) is 3.44. The van der Waals surface area contributed by atoms with Crippen LogP contribution in [-0.4, -0.2) is 23.6 Å². The lowest BCUT2D eigenvalue weighted by molar-refractivity contribution is -0.121. The SMILES string of the molecule is O=C(CCOc1cccc(Cl)c1)NCCCCn1ccccc1=O. The third kappa shape index (κ3) is 6.46. The summed E-state index contributed by atoms with van der Waals surface area (Å²) >= 11 is 5.86. The van der Waals surface area contributed by atoms with Crippen LogP contribution in [0.2, 0.25) is 5.02 Å². The number of benzene rings is 1. The molecule has 0 aliphatic carbocycles. The number of aromatic nitrogens is 1. The minimum Gasteiger partial charge on any atom is -0.493 e. The van der Waals surface area contributed by atoms with Crippen molar-refractivity contribution in [1.82, 2.24) is 9.88 Å². The highest BCUT2D eigenvalue weighted by atomic mass is 35.5. The Hall–Kier alpha value is -2.27. The van der Waals surface area contributed by atoms with E-state index in [4.69, 9.17) is 16.3 Å². The van der Waals surface area contributed by atoms with Crippen molar-refractivity contribution < 1.29 is 9.53 Å². The molecular weight excluding hydrogens is 328 g/mol. The fourth-order valence-electron chi connectivity index (χ4n) is 2.19. The highest BCUT2D eigenvalue weighted by Crippen LogP contribution is 2.17. The van der Waals surface area contributed by atoms with E-state index in [1.807, 2.05) is 6.07 Å². The molecule has 0 radical (unpaired) electrons. The molecular formula is C18H21ClN2O3. The molecule has 5 nitrogen and oxygen atoms in total. The summed E-state index contributed by atoms with van der Waals surface area (Å²) in [6, 6.07) is 12.2. The van der Waals surface area contributed by atoms with Crippen molar-refractivity contribution in [3.05, 3.63) is 64.0 Å². The standard InChI is InChI=1S/C18H21ClN2O3/c19-15-6-5-7-16(14-15)24-13-9-17(22)20-10-2-4-12-21-11-3-1-8-18(21)23/h1,3,5-8,11,14H,2,4,9-10,12-13H2,(H,20,22). The molecule has 2 aromatic rings. The Morgan fingerprint density at radius 2 is 2.04 bits per heavy atom. The highest BCUT2D eigenvalue weighted by Gasteiger charge is 2.02. The monoisotopic (exact) mass is 348 g/mol. The quantitative estimate of drug-likeness (QED) is 0.709. The van der Waals surface area contributed by atoms with Crippen molar-refractivity contribution in [2.75, 3.05) is 13.2 Å². The number of amides is 1. The van der Waals surface area contributed by atoms with Gasteiger partial charge in [0.1, 0.15) is 5.75 Å². The van der Waals surface area contributed by atoms with Gasteiger partial charge in [0.25, 0.3) is 0 Å². The summed E-state index contributed by atoms with van der Waals surface area (Å²) in [5.74, 6) is 0.609. The molecule has 0 fully saturated rings. The molecule has 1 amide bonds. The lowest BCUT2D eigenvalue weighted by atomic mass is 10.3. The van der Waals surface area contributed by atoms with E-state index < -0.39 is 0 Å². The zero-order valence-electron chi connectivity index (χ0n) is 13.4. The van der Waals surface area contributed by atoms with Crippen molar-refractivity contribution in [1.29, 1.82) is 0 Å². The summed E-state index contributed by atoms with van der Waals surface area (Å²) in [5.41, 5.74) is -0.000278. The van der Waals surface area contributed by atoms with E-state index in [1.54, 1.807) is 47.2 Å². The van der Waals surface area contributed by atoms with Gasteiger partial charge in [0.05, 0.1) is 13.0 Å². The van der Waals surface area contributed by atoms with E-state index in [0.29, 0.717) is 36.9 Å². The van der Waals surface area contributed by atoms with E-state index in [1.165, 1.54) is 0 Å². The second-order valence-corrected chi connectivity index (χ2v) is 5.78. The van der Waals surface area contributed by atoms with Gasteiger partial charge in [-0.15, -0.1) is 0 Å². The summed E-state index contributed by atoms with van der Waals surface area (Å²) in [5, 5.41) is 3.45. The van der Waals surface area contributed by atoms with E-state index in [0.717, 1.165) is 12.8 Å². The molecule has 0 spiro atoms. The van der Waals surface area contributed by atoms with Gasteiger partial charge < -0.3 is 14.6 Å². The second kappa shape index (κ2) is 9.78. The molecule has 1 heterocycles. The van der Waals surface area contributed by atoms with Gasteiger partial charge in [0.2, 0.25) is 11.5 Å². The van der Waals surface area contributed by atoms with E-state index in [2.05, 4.69) is 5.32 Å².